The number of carboxylic acid groups (broad SMARTS) is 1. The molecule has 0 fully saturated rings. The molecule has 0 aliphatic heterocycles. The number of carbonyl (C=O) groups is 1. The van der Waals surface area contributed by atoms with Gasteiger partial charge < -0.3 is 15.2 Å². The summed E-state index contributed by atoms with van der Waals surface area (Å²) in [4.78, 5) is 21.0. The summed E-state index contributed by atoms with van der Waals surface area (Å²) in [6.45, 7) is 4.81. The molecule has 0 amide bonds. The summed E-state index contributed by atoms with van der Waals surface area (Å²) >= 11 is 0. The quantitative estimate of drug-likeness (QED) is 0.580. The highest BCUT2D eigenvalue weighted by atomic mass is 16.6. The Labute approximate surface area is 110 Å². The van der Waals surface area contributed by atoms with Crippen LogP contribution < -0.4 is 5.32 Å². The molecule has 104 valence electrons. The Kier molecular flexibility index (Phi) is 5.25. The molecule has 1 aromatic carbocycles. The molecule has 0 radical (unpaired) electrons. The minimum atomic E-state index is -1.33. The van der Waals surface area contributed by atoms with Crippen LogP contribution in [0.3, 0.4) is 0 Å². The van der Waals surface area contributed by atoms with E-state index in [1.807, 2.05) is 13.8 Å². The first-order valence-corrected chi connectivity index (χ1v) is 5.81. The zero-order valence-corrected chi connectivity index (χ0v) is 10.8. The fourth-order valence-corrected chi connectivity index (χ4v) is 1.58. The van der Waals surface area contributed by atoms with Crippen LogP contribution in [0, 0.1) is 10.1 Å². The Morgan fingerprint density at radius 1 is 1.58 bits per heavy atom. The van der Waals surface area contributed by atoms with Crippen molar-refractivity contribution in [3.8, 4) is 0 Å². The van der Waals surface area contributed by atoms with Gasteiger partial charge in [-0.05, 0) is 26.0 Å². The zero-order chi connectivity index (χ0) is 14.4. The molecule has 0 saturated heterocycles. The van der Waals surface area contributed by atoms with Crippen LogP contribution in [0.4, 0.5) is 11.4 Å². The molecule has 0 spiro atoms. The SMILES string of the molecule is CCOCC(C)Nc1ccc([N+](=O)[O-])c(C(=O)O)c1. The summed E-state index contributed by atoms with van der Waals surface area (Å²) in [6.07, 6.45) is 0. The van der Waals surface area contributed by atoms with Crippen molar-refractivity contribution in [3.05, 3.63) is 33.9 Å². The van der Waals surface area contributed by atoms with Crippen LogP contribution in [0.5, 0.6) is 0 Å². The number of nitro groups is 1. The van der Waals surface area contributed by atoms with Gasteiger partial charge in [0.25, 0.3) is 5.69 Å². The fourth-order valence-electron chi connectivity index (χ4n) is 1.58. The average Bonchev–Trinajstić information content (AvgIpc) is 2.35. The highest BCUT2D eigenvalue weighted by Gasteiger charge is 2.20. The Bertz CT molecular complexity index is 475. The molecule has 0 aliphatic carbocycles. The molecule has 19 heavy (non-hydrogen) atoms. The number of hydrogen-bond acceptors (Lipinski definition) is 5. The predicted molar refractivity (Wildman–Crippen MR) is 69.6 cm³/mol. The van der Waals surface area contributed by atoms with Crippen molar-refractivity contribution >= 4 is 17.3 Å². The van der Waals surface area contributed by atoms with Crippen molar-refractivity contribution in [2.45, 2.75) is 19.9 Å². The fraction of sp³-hybridized carbons (Fsp3) is 0.417. The van der Waals surface area contributed by atoms with Crippen LogP contribution in [0.1, 0.15) is 24.2 Å². The maximum absolute atomic E-state index is 11.0. The van der Waals surface area contributed by atoms with E-state index >= 15 is 0 Å². The molecule has 0 bridgehead atoms. The monoisotopic (exact) mass is 268 g/mol. The van der Waals surface area contributed by atoms with E-state index in [1.165, 1.54) is 18.2 Å². The summed E-state index contributed by atoms with van der Waals surface area (Å²) in [7, 11) is 0. The first-order valence-electron chi connectivity index (χ1n) is 5.81. The van der Waals surface area contributed by atoms with E-state index in [9.17, 15) is 14.9 Å². The minimum Gasteiger partial charge on any atom is -0.477 e. The summed E-state index contributed by atoms with van der Waals surface area (Å²) in [5.74, 6) is -1.33. The molecule has 0 heterocycles. The van der Waals surface area contributed by atoms with Gasteiger partial charge in [0.15, 0.2) is 0 Å². The topological polar surface area (TPSA) is 102 Å². The van der Waals surface area contributed by atoms with Gasteiger partial charge in [0.2, 0.25) is 0 Å². The lowest BCUT2D eigenvalue weighted by atomic mass is 10.1. The van der Waals surface area contributed by atoms with Crippen LogP contribution in [0.25, 0.3) is 0 Å². The van der Waals surface area contributed by atoms with Gasteiger partial charge in [-0.1, -0.05) is 0 Å². The molecule has 1 atom stereocenters. The molecule has 7 nitrogen and oxygen atoms in total. The molecule has 1 aromatic rings. The second-order valence-corrected chi connectivity index (χ2v) is 4.00. The number of rotatable bonds is 7. The number of hydrogen-bond donors (Lipinski definition) is 2. The molecular weight excluding hydrogens is 252 g/mol. The van der Waals surface area contributed by atoms with Gasteiger partial charge in [-0.25, -0.2) is 4.79 Å². The van der Waals surface area contributed by atoms with Crippen molar-refractivity contribution < 1.29 is 19.6 Å². The Morgan fingerprint density at radius 2 is 2.26 bits per heavy atom. The number of nitrogens with one attached hydrogen (secondary N) is 1. The van der Waals surface area contributed by atoms with E-state index < -0.39 is 16.6 Å². The number of benzene rings is 1. The van der Waals surface area contributed by atoms with Crippen LogP contribution in [0.2, 0.25) is 0 Å². The Hall–Kier alpha value is -2.15. The van der Waals surface area contributed by atoms with Crippen molar-refractivity contribution in [1.29, 1.82) is 0 Å². The largest absolute Gasteiger partial charge is 0.477 e. The highest BCUT2D eigenvalue weighted by molar-refractivity contribution is 5.93. The molecule has 7 heteroatoms. The summed E-state index contributed by atoms with van der Waals surface area (Å²) in [5.41, 5.74) is -0.246. The highest BCUT2D eigenvalue weighted by Crippen LogP contribution is 2.23. The van der Waals surface area contributed by atoms with Crippen LogP contribution in [-0.4, -0.2) is 35.3 Å². The number of aromatic carboxylic acids is 1. The van der Waals surface area contributed by atoms with E-state index in [2.05, 4.69) is 5.32 Å². The molecular formula is C12H16N2O5. The van der Waals surface area contributed by atoms with Gasteiger partial charge in [-0.3, -0.25) is 10.1 Å². The van der Waals surface area contributed by atoms with E-state index in [4.69, 9.17) is 9.84 Å². The van der Waals surface area contributed by atoms with Crippen molar-refractivity contribution in [3.63, 3.8) is 0 Å². The Morgan fingerprint density at radius 3 is 2.79 bits per heavy atom. The average molecular weight is 268 g/mol. The smallest absolute Gasteiger partial charge is 0.342 e. The van der Waals surface area contributed by atoms with Gasteiger partial charge in [0.05, 0.1) is 11.5 Å². The van der Waals surface area contributed by atoms with Gasteiger partial charge in [0, 0.05) is 24.4 Å². The summed E-state index contributed by atoms with van der Waals surface area (Å²) in [5, 5.41) is 22.7. The maximum atomic E-state index is 11.0. The zero-order valence-electron chi connectivity index (χ0n) is 10.8. The molecule has 1 rings (SSSR count). The van der Waals surface area contributed by atoms with Crippen LogP contribution in [-0.2, 0) is 4.74 Å². The first kappa shape index (κ1) is 14.9. The summed E-state index contributed by atoms with van der Waals surface area (Å²) < 4.78 is 5.22. The maximum Gasteiger partial charge on any atom is 0.342 e. The molecule has 2 N–H and O–H groups in total. The van der Waals surface area contributed by atoms with Gasteiger partial charge in [-0.2, -0.15) is 0 Å². The lowest BCUT2D eigenvalue weighted by molar-refractivity contribution is -0.385. The third kappa shape index (κ3) is 4.22. The number of carboxylic acids is 1. The molecule has 0 aliphatic rings. The van der Waals surface area contributed by atoms with Gasteiger partial charge in [-0.15, -0.1) is 0 Å². The Balaban J connectivity index is 2.90. The van der Waals surface area contributed by atoms with Crippen LogP contribution >= 0.6 is 0 Å². The minimum absolute atomic E-state index is 0.0250. The van der Waals surface area contributed by atoms with Crippen molar-refractivity contribution in [2.24, 2.45) is 0 Å². The van der Waals surface area contributed by atoms with Gasteiger partial charge in [0.1, 0.15) is 5.56 Å². The second-order valence-electron chi connectivity index (χ2n) is 4.00. The van der Waals surface area contributed by atoms with E-state index in [0.29, 0.717) is 18.9 Å². The standard InChI is InChI=1S/C12H16N2O5/c1-3-19-7-8(2)13-9-4-5-11(14(17)18)10(6-9)12(15)16/h4-6,8,13H,3,7H2,1-2H3,(H,15,16). The molecule has 0 saturated carbocycles. The molecule has 0 aromatic heterocycles. The molecule has 1 unspecified atom stereocenters. The number of ether oxygens (including phenoxy) is 1. The van der Waals surface area contributed by atoms with Gasteiger partial charge >= 0.3 is 5.97 Å². The number of nitro benzene ring substituents is 1. The van der Waals surface area contributed by atoms with Crippen molar-refractivity contribution in [2.75, 3.05) is 18.5 Å². The third-order valence-electron chi connectivity index (χ3n) is 2.41. The lowest BCUT2D eigenvalue weighted by Crippen LogP contribution is -2.21. The summed E-state index contributed by atoms with van der Waals surface area (Å²) in [6, 6.07) is 3.89. The normalized spacial score (nSPS) is 11.9. The van der Waals surface area contributed by atoms with E-state index in [1.54, 1.807) is 0 Å². The lowest BCUT2D eigenvalue weighted by Gasteiger charge is -2.15. The van der Waals surface area contributed by atoms with E-state index in [0.717, 1.165) is 0 Å². The third-order valence-corrected chi connectivity index (χ3v) is 2.41. The first-order chi connectivity index (χ1) is 8.95. The number of nitrogens with zero attached hydrogens (tertiary/aromatic N) is 1. The van der Waals surface area contributed by atoms with Crippen LogP contribution in [0.15, 0.2) is 18.2 Å². The number of anilines is 1. The predicted octanol–water partition coefficient (Wildman–Crippen LogP) is 2.13. The second kappa shape index (κ2) is 6.69. The van der Waals surface area contributed by atoms with Crippen molar-refractivity contribution in [1.82, 2.24) is 0 Å². The van der Waals surface area contributed by atoms with E-state index in [-0.39, 0.29) is 11.6 Å².